The van der Waals surface area contributed by atoms with Crippen LogP contribution in [-0.4, -0.2) is 15.0 Å². The molecule has 0 N–H and O–H groups in total. The van der Waals surface area contributed by atoms with E-state index in [-0.39, 0.29) is 0 Å². The van der Waals surface area contributed by atoms with E-state index in [4.69, 9.17) is 19.4 Å². The van der Waals surface area contributed by atoms with Gasteiger partial charge in [0.15, 0.2) is 17.5 Å². The zero-order valence-electron chi connectivity index (χ0n) is 22.0. The Morgan fingerprint density at radius 1 is 0.390 bits per heavy atom. The molecule has 0 aliphatic heterocycles. The molecular formula is C37H23N3O. The summed E-state index contributed by atoms with van der Waals surface area (Å²) in [5.74, 6) is 1.82. The maximum absolute atomic E-state index is 6.70. The SMILES string of the molecule is c1ccc(-c2nc(-c3ccccc3)nc(-c3ccc(-c4ccccc4)c4c3oc3ccc5ccccc5c34)n2)cc1. The highest BCUT2D eigenvalue weighted by Crippen LogP contribution is 2.43. The Morgan fingerprint density at radius 3 is 1.59 bits per heavy atom. The minimum atomic E-state index is 0.575. The fraction of sp³-hybridized carbons (Fsp3) is 0. The first-order chi connectivity index (χ1) is 20.3. The summed E-state index contributed by atoms with van der Waals surface area (Å²) in [6, 6.07) is 47.4. The Morgan fingerprint density at radius 2 is 0.927 bits per heavy atom. The van der Waals surface area contributed by atoms with Crippen molar-refractivity contribution in [2.24, 2.45) is 0 Å². The molecule has 0 saturated heterocycles. The standard InChI is InChI=1S/C37H23N3O/c1-4-12-24(13-5-1)29-21-22-30(34-33(29)32-28-19-11-10-14-25(28)20-23-31(32)41-34)37-39-35(26-15-6-2-7-16-26)38-36(40-37)27-17-8-3-9-18-27/h1-23H. The molecular weight excluding hydrogens is 502 g/mol. The lowest BCUT2D eigenvalue weighted by Crippen LogP contribution is -2.00. The van der Waals surface area contributed by atoms with E-state index in [0.717, 1.165) is 55.1 Å². The van der Waals surface area contributed by atoms with Crippen LogP contribution in [0.1, 0.15) is 0 Å². The van der Waals surface area contributed by atoms with Crippen molar-refractivity contribution in [2.75, 3.05) is 0 Å². The molecule has 0 unspecified atom stereocenters. The largest absolute Gasteiger partial charge is 0.455 e. The van der Waals surface area contributed by atoms with Gasteiger partial charge in [-0.25, -0.2) is 15.0 Å². The van der Waals surface area contributed by atoms with E-state index in [1.807, 2.05) is 66.7 Å². The molecule has 192 valence electrons. The first kappa shape index (κ1) is 23.3. The van der Waals surface area contributed by atoms with Gasteiger partial charge in [-0.2, -0.15) is 0 Å². The number of nitrogens with zero attached hydrogens (tertiary/aromatic N) is 3. The highest BCUT2D eigenvalue weighted by atomic mass is 16.3. The molecule has 8 rings (SSSR count). The van der Waals surface area contributed by atoms with Gasteiger partial charge in [0.1, 0.15) is 11.2 Å². The van der Waals surface area contributed by atoms with Crippen molar-refractivity contribution in [1.82, 2.24) is 15.0 Å². The summed E-state index contributed by atoms with van der Waals surface area (Å²) in [4.78, 5) is 14.9. The van der Waals surface area contributed by atoms with Crippen LogP contribution in [0.4, 0.5) is 0 Å². The summed E-state index contributed by atoms with van der Waals surface area (Å²) < 4.78 is 6.70. The molecule has 4 nitrogen and oxygen atoms in total. The smallest absolute Gasteiger partial charge is 0.167 e. The monoisotopic (exact) mass is 525 g/mol. The van der Waals surface area contributed by atoms with Crippen LogP contribution >= 0.6 is 0 Å². The maximum Gasteiger partial charge on any atom is 0.167 e. The third-order valence-electron chi connectivity index (χ3n) is 7.54. The van der Waals surface area contributed by atoms with Gasteiger partial charge in [0, 0.05) is 21.9 Å². The van der Waals surface area contributed by atoms with Crippen molar-refractivity contribution in [3.63, 3.8) is 0 Å². The summed E-state index contributed by atoms with van der Waals surface area (Å²) in [7, 11) is 0. The number of hydrogen-bond acceptors (Lipinski definition) is 4. The van der Waals surface area contributed by atoms with Crippen LogP contribution < -0.4 is 0 Å². The second kappa shape index (κ2) is 9.54. The van der Waals surface area contributed by atoms with Gasteiger partial charge in [-0.3, -0.25) is 0 Å². The Kier molecular flexibility index (Phi) is 5.42. The molecule has 0 aliphatic rings. The van der Waals surface area contributed by atoms with Gasteiger partial charge < -0.3 is 4.42 Å². The fourth-order valence-electron chi connectivity index (χ4n) is 5.60. The lowest BCUT2D eigenvalue weighted by Gasteiger charge is -2.10. The summed E-state index contributed by atoms with van der Waals surface area (Å²) in [5.41, 5.74) is 6.54. The van der Waals surface area contributed by atoms with Crippen molar-refractivity contribution in [2.45, 2.75) is 0 Å². The van der Waals surface area contributed by atoms with Crippen molar-refractivity contribution in [3.8, 4) is 45.3 Å². The fourth-order valence-corrected chi connectivity index (χ4v) is 5.60. The van der Waals surface area contributed by atoms with E-state index in [9.17, 15) is 0 Å². The predicted molar refractivity (Wildman–Crippen MR) is 166 cm³/mol. The van der Waals surface area contributed by atoms with E-state index in [2.05, 4.69) is 72.8 Å². The second-order valence-corrected chi connectivity index (χ2v) is 10.0. The van der Waals surface area contributed by atoms with Gasteiger partial charge in [-0.05, 0) is 34.0 Å². The Hall–Kier alpha value is -5.61. The average molecular weight is 526 g/mol. The molecule has 0 aliphatic carbocycles. The van der Waals surface area contributed by atoms with Crippen LogP contribution in [0.3, 0.4) is 0 Å². The predicted octanol–water partition coefficient (Wildman–Crippen LogP) is 9.59. The number of fused-ring (bicyclic) bond motifs is 5. The van der Waals surface area contributed by atoms with Gasteiger partial charge in [0.05, 0.1) is 5.56 Å². The van der Waals surface area contributed by atoms with E-state index >= 15 is 0 Å². The van der Waals surface area contributed by atoms with Crippen LogP contribution in [-0.2, 0) is 0 Å². The van der Waals surface area contributed by atoms with Crippen LogP contribution in [0.5, 0.6) is 0 Å². The van der Waals surface area contributed by atoms with Gasteiger partial charge >= 0.3 is 0 Å². The second-order valence-electron chi connectivity index (χ2n) is 10.0. The van der Waals surface area contributed by atoms with Crippen molar-refractivity contribution >= 4 is 32.7 Å². The highest BCUT2D eigenvalue weighted by molar-refractivity contribution is 6.24. The molecule has 0 amide bonds. The summed E-state index contributed by atoms with van der Waals surface area (Å²) in [5, 5.41) is 4.48. The van der Waals surface area contributed by atoms with E-state index in [0.29, 0.717) is 17.5 Å². The van der Waals surface area contributed by atoms with Gasteiger partial charge in [0.25, 0.3) is 0 Å². The molecule has 4 heteroatoms. The quantitative estimate of drug-likeness (QED) is 0.230. The number of furan rings is 1. The van der Waals surface area contributed by atoms with Crippen molar-refractivity contribution in [1.29, 1.82) is 0 Å². The van der Waals surface area contributed by atoms with Crippen LogP contribution in [0.2, 0.25) is 0 Å². The number of hydrogen-bond donors (Lipinski definition) is 0. The zero-order chi connectivity index (χ0) is 27.2. The van der Waals surface area contributed by atoms with Crippen molar-refractivity contribution in [3.05, 3.63) is 140 Å². The molecule has 0 atom stereocenters. The highest BCUT2D eigenvalue weighted by Gasteiger charge is 2.21. The lowest BCUT2D eigenvalue weighted by atomic mass is 9.95. The lowest BCUT2D eigenvalue weighted by molar-refractivity contribution is 0.670. The van der Waals surface area contributed by atoms with Gasteiger partial charge in [-0.1, -0.05) is 127 Å². The van der Waals surface area contributed by atoms with Crippen molar-refractivity contribution < 1.29 is 4.42 Å². The molecule has 2 aromatic heterocycles. The van der Waals surface area contributed by atoms with Crippen LogP contribution in [0.25, 0.3) is 78.0 Å². The summed E-state index contributed by atoms with van der Waals surface area (Å²) >= 11 is 0. The molecule has 0 bridgehead atoms. The molecule has 0 spiro atoms. The number of rotatable bonds is 4. The number of benzene rings is 6. The molecule has 0 saturated carbocycles. The van der Waals surface area contributed by atoms with Crippen LogP contribution in [0.15, 0.2) is 144 Å². The van der Waals surface area contributed by atoms with Gasteiger partial charge in [-0.15, -0.1) is 0 Å². The molecule has 2 heterocycles. The van der Waals surface area contributed by atoms with E-state index < -0.39 is 0 Å². The Balaban J connectivity index is 1.47. The average Bonchev–Trinajstić information content (AvgIpc) is 3.46. The molecule has 6 aromatic carbocycles. The zero-order valence-corrected chi connectivity index (χ0v) is 22.0. The third-order valence-corrected chi connectivity index (χ3v) is 7.54. The molecule has 8 aromatic rings. The number of aromatic nitrogens is 3. The Bertz CT molecular complexity index is 2130. The molecule has 0 fully saturated rings. The van der Waals surface area contributed by atoms with Gasteiger partial charge in [0.2, 0.25) is 0 Å². The summed E-state index contributed by atoms with van der Waals surface area (Å²) in [6.07, 6.45) is 0. The van der Waals surface area contributed by atoms with Crippen LogP contribution in [0, 0.1) is 0 Å². The first-order valence-electron chi connectivity index (χ1n) is 13.6. The Labute approximate surface area is 236 Å². The van der Waals surface area contributed by atoms with E-state index in [1.54, 1.807) is 0 Å². The molecule has 41 heavy (non-hydrogen) atoms. The third kappa shape index (κ3) is 3.97. The topological polar surface area (TPSA) is 51.8 Å². The summed E-state index contributed by atoms with van der Waals surface area (Å²) in [6.45, 7) is 0. The maximum atomic E-state index is 6.70. The van der Waals surface area contributed by atoms with E-state index in [1.165, 1.54) is 5.39 Å². The first-order valence-corrected chi connectivity index (χ1v) is 13.6. The molecule has 0 radical (unpaired) electrons. The minimum absolute atomic E-state index is 0.575. The minimum Gasteiger partial charge on any atom is -0.455 e. The normalized spacial score (nSPS) is 11.4.